The van der Waals surface area contributed by atoms with Gasteiger partial charge >= 0.3 is 0 Å². The summed E-state index contributed by atoms with van der Waals surface area (Å²) in [6, 6.07) is 8.16. The van der Waals surface area contributed by atoms with Gasteiger partial charge in [0.05, 0.1) is 0 Å². The van der Waals surface area contributed by atoms with Crippen LogP contribution < -0.4 is 5.32 Å². The molecule has 1 aromatic heterocycles. The molecule has 112 valence electrons. The Hall–Kier alpha value is -1.72. The second kappa shape index (κ2) is 6.37. The Morgan fingerprint density at radius 2 is 2.19 bits per heavy atom. The van der Waals surface area contributed by atoms with Crippen molar-refractivity contribution >= 4 is 0 Å². The van der Waals surface area contributed by atoms with Crippen LogP contribution in [-0.4, -0.2) is 30.8 Å². The van der Waals surface area contributed by atoms with Crippen LogP contribution in [0.4, 0.5) is 0 Å². The van der Waals surface area contributed by atoms with Gasteiger partial charge in [-0.3, -0.25) is 0 Å². The van der Waals surface area contributed by atoms with E-state index in [0.717, 1.165) is 18.5 Å². The average Bonchev–Trinajstić information content (AvgIpc) is 3.23. The maximum atomic E-state index is 5.51. The molecule has 21 heavy (non-hydrogen) atoms. The van der Waals surface area contributed by atoms with E-state index < -0.39 is 0 Å². The molecule has 1 unspecified atom stereocenters. The van der Waals surface area contributed by atoms with Gasteiger partial charge in [-0.05, 0) is 50.4 Å². The minimum atomic E-state index is -0.0352. The minimum Gasteiger partial charge on any atom is -0.373 e. The Morgan fingerprint density at radius 1 is 1.38 bits per heavy atom. The number of methoxy groups -OCH3 is 1. The smallest absolute Gasteiger partial charge is 0.258 e. The quantitative estimate of drug-likeness (QED) is 0.848. The van der Waals surface area contributed by atoms with Crippen LogP contribution >= 0.6 is 0 Å². The molecule has 0 radical (unpaired) electrons. The Kier molecular flexibility index (Phi) is 4.31. The SMILES string of the molecule is CNCCc1ccccc1-c1nc(C(OC)C2CC2)no1. The van der Waals surface area contributed by atoms with Crippen molar-refractivity contribution < 1.29 is 9.26 Å². The average molecular weight is 287 g/mol. The number of nitrogens with one attached hydrogen (secondary N) is 1. The lowest BCUT2D eigenvalue weighted by Gasteiger charge is -2.08. The zero-order valence-electron chi connectivity index (χ0n) is 12.5. The molecule has 0 aliphatic heterocycles. The number of likely N-dealkylation sites (N-methyl/N-ethyl adjacent to an activating group) is 1. The summed E-state index contributed by atoms with van der Waals surface area (Å²) in [5, 5.41) is 7.28. The molecule has 5 nitrogen and oxygen atoms in total. The van der Waals surface area contributed by atoms with E-state index in [-0.39, 0.29) is 6.10 Å². The van der Waals surface area contributed by atoms with Crippen molar-refractivity contribution in [2.75, 3.05) is 20.7 Å². The predicted octanol–water partition coefficient (Wildman–Crippen LogP) is 2.60. The summed E-state index contributed by atoms with van der Waals surface area (Å²) in [6.45, 7) is 0.917. The topological polar surface area (TPSA) is 60.2 Å². The molecule has 0 spiro atoms. The van der Waals surface area contributed by atoms with Gasteiger partial charge in [0, 0.05) is 12.7 Å². The molecule has 0 saturated heterocycles. The summed E-state index contributed by atoms with van der Waals surface area (Å²) < 4.78 is 11.0. The normalized spacial score (nSPS) is 16.1. The molecular formula is C16H21N3O2. The van der Waals surface area contributed by atoms with Crippen molar-refractivity contribution in [3.05, 3.63) is 35.7 Å². The molecule has 0 amide bonds. The molecule has 1 aromatic carbocycles. The monoisotopic (exact) mass is 287 g/mol. The second-order valence-electron chi connectivity index (χ2n) is 5.46. The van der Waals surface area contributed by atoms with Crippen LogP contribution in [-0.2, 0) is 11.2 Å². The van der Waals surface area contributed by atoms with Gasteiger partial charge in [0.25, 0.3) is 5.89 Å². The first-order valence-corrected chi connectivity index (χ1v) is 7.42. The third-order valence-corrected chi connectivity index (χ3v) is 3.89. The highest BCUT2D eigenvalue weighted by Gasteiger charge is 2.35. The predicted molar refractivity (Wildman–Crippen MR) is 79.8 cm³/mol. The molecule has 1 atom stereocenters. The van der Waals surface area contributed by atoms with E-state index in [9.17, 15) is 0 Å². The Bertz CT molecular complexity index is 593. The first kappa shape index (κ1) is 14.2. The zero-order valence-corrected chi connectivity index (χ0v) is 12.5. The van der Waals surface area contributed by atoms with Crippen molar-refractivity contribution in [3.63, 3.8) is 0 Å². The molecular weight excluding hydrogens is 266 g/mol. The molecule has 1 aliphatic rings. The first-order valence-electron chi connectivity index (χ1n) is 7.42. The molecule has 3 rings (SSSR count). The van der Waals surface area contributed by atoms with Crippen LogP contribution in [0.15, 0.2) is 28.8 Å². The zero-order chi connectivity index (χ0) is 14.7. The molecule has 5 heteroatoms. The Labute approximate surface area is 124 Å². The van der Waals surface area contributed by atoms with E-state index in [1.807, 2.05) is 25.2 Å². The largest absolute Gasteiger partial charge is 0.373 e. The van der Waals surface area contributed by atoms with E-state index in [4.69, 9.17) is 9.26 Å². The van der Waals surface area contributed by atoms with E-state index in [2.05, 4.69) is 21.5 Å². The standard InChI is InChI=1S/C16H21N3O2/c1-17-10-9-11-5-3-4-6-13(11)16-18-15(19-21-16)14(20-2)12-7-8-12/h3-6,12,14,17H,7-10H2,1-2H3. The minimum absolute atomic E-state index is 0.0352. The van der Waals surface area contributed by atoms with Gasteiger partial charge in [0.1, 0.15) is 6.10 Å². The molecule has 1 heterocycles. The summed E-state index contributed by atoms with van der Waals surface area (Å²) in [4.78, 5) is 4.56. The fourth-order valence-corrected chi connectivity index (χ4v) is 2.57. The van der Waals surface area contributed by atoms with E-state index >= 15 is 0 Å². The van der Waals surface area contributed by atoms with Gasteiger partial charge in [0.2, 0.25) is 5.82 Å². The van der Waals surface area contributed by atoms with Gasteiger partial charge in [0.15, 0.2) is 0 Å². The third kappa shape index (κ3) is 3.14. The van der Waals surface area contributed by atoms with Gasteiger partial charge in [-0.1, -0.05) is 23.4 Å². The van der Waals surface area contributed by atoms with E-state index in [1.165, 1.54) is 18.4 Å². The number of hydrogen-bond donors (Lipinski definition) is 1. The van der Waals surface area contributed by atoms with Gasteiger partial charge < -0.3 is 14.6 Å². The van der Waals surface area contributed by atoms with Gasteiger partial charge in [-0.2, -0.15) is 4.98 Å². The lowest BCUT2D eigenvalue weighted by Crippen LogP contribution is -2.10. The van der Waals surface area contributed by atoms with E-state index in [0.29, 0.717) is 17.6 Å². The lowest BCUT2D eigenvalue weighted by molar-refractivity contribution is 0.0751. The van der Waals surface area contributed by atoms with Crippen molar-refractivity contribution in [2.45, 2.75) is 25.4 Å². The van der Waals surface area contributed by atoms with Crippen LogP contribution in [0.3, 0.4) is 0 Å². The van der Waals surface area contributed by atoms with Crippen molar-refractivity contribution in [1.82, 2.24) is 15.5 Å². The van der Waals surface area contributed by atoms with Crippen LogP contribution in [0.1, 0.15) is 30.3 Å². The van der Waals surface area contributed by atoms with Crippen LogP contribution in [0, 0.1) is 5.92 Å². The number of aromatic nitrogens is 2. The van der Waals surface area contributed by atoms with Crippen LogP contribution in [0.5, 0.6) is 0 Å². The summed E-state index contributed by atoms with van der Waals surface area (Å²) in [5.41, 5.74) is 2.22. The Balaban J connectivity index is 1.85. The van der Waals surface area contributed by atoms with Crippen LogP contribution in [0.25, 0.3) is 11.5 Å². The molecule has 0 bridgehead atoms. The highest BCUT2D eigenvalue weighted by Crippen LogP contribution is 2.42. The molecule has 1 N–H and O–H groups in total. The summed E-state index contributed by atoms with van der Waals surface area (Å²) in [5.74, 6) is 1.79. The van der Waals surface area contributed by atoms with Gasteiger partial charge in [-0.15, -0.1) is 0 Å². The molecule has 1 aliphatic carbocycles. The molecule has 1 saturated carbocycles. The maximum absolute atomic E-state index is 5.51. The number of benzene rings is 1. The van der Waals surface area contributed by atoms with Crippen molar-refractivity contribution in [3.8, 4) is 11.5 Å². The number of ether oxygens (including phenoxy) is 1. The number of rotatable bonds is 7. The van der Waals surface area contributed by atoms with E-state index in [1.54, 1.807) is 7.11 Å². The number of nitrogens with zero attached hydrogens (tertiary/aromatic N) is 2. The lowest BCUT2D eigenvalue weighted by atomic mass is 10.0. The summed E-state index contributed by atoms with van der Waals surface area (Å²) in [6.07, 6.45) is 3.26. The van der Waals surface area contributed by atoms with Crippen molar-refractivity contribution in [2.24, 2.45) is 5.92 Å². The summed E-state index contributed by atoms with van der Waals surface area (Å²) >= 11 is 0. The van der Waals surface area contributed by atoms with Crippen LogP contribution in [0.2, 0.25) is 0 Å². The first-order chi connectivity index (χ1) is 10.3. The summed E-state index contributed by atoms with van der Waals surface area (Å²) in [7, 11) is 3.66. The highest BCUT2D eigenvalue weighted by molar-refractivity contribution is 5.58. The fraction of sp³-hybridized carbons (Fsp3) is 0.500. The number of hydrogen-bond acceptors (Lipinski definition) is 5. The molecule has 2 aromatic rings. The second-order valence-corrected chi connectivity index (χ2v) is 5.46. The fourth-order valence-electron chi connectivity index (χ4n) is 2.57. The maximum Gasteiger partial charge on any atom is 0.258 e. The van der Waals surface area contributed by atoms with Gasteiger partial charge in [-0.25, -0.2) is 0 Å². The van der Waals surface area contributed by atoms with Crippen molar-refractivity contribution in [1.29, 1.82) is 0 Å². The highest BCUT2D eigenvalue weighted by atomic mass is 16.5. The third-order valence-electron chi connectivity index (χ3n) is 3.89. The molecule has 1 fully saturated rings. The Morgan fingerprint density at radius 3 is 2.90 bits per heavy atom.